The van der Waals surface area contributed by atoms with E-state index in [1.165, 1.54) is 16.8 Å². The van der Waals surface area contributed by atoms with Crippen molar-refractivity contribution in [3.05, 3.63) is 93.7 Å². The zero-order valence-electron chi connectivity index (χ0n) is 17.4. The minimum atomic E-state index is -0.487. The van der Waals surface area contributed by atoms with Crippen LogP contribution in [0.5, 0.6) is 5.75 Å². The summed E-state index contributed by atoms with van der Waals surface area (Å²) in [5.41, 5.74) is 2.09. The maximum absolute atomic E-state index is 14.0. The van der Waals surface area contributed by atoms with E-state index in [4.69, 9.17) is 20.9 Å². The zero-order chi connectivity index (χ0) is 22.7. The first-order chi connectivity index (χ1) is 15.4. The predicted octanol–water partition coefficient (Wildman–Crippen LogP) is 5.16. The molecule has 4 aromatic rings. The molecule has 1 amide bonds. The van der Waals surface area contributed by atoms with Crippen LogP contribution in [0.25, 0.3) is 0 Å². The monoisotopic (exact) mass is 454 g/mol. The lowest BCUT2D eigenvalue weighted by molar-refractivity contribution is 0.101. The minimum absolute atomic E-state index is 0.112. The summed E-state index contributed by atoms with van der Waals surface area (Å²) in [5.74, 6) is 0.539. The molecule has 0 aliphatic carbocycles. The first-order valence-corrected chi connectivity index (χ1v) is 10.2. The first-order valence-electron chi connectivity index (χ1n) is 9.83. The van der Waals surface area contributed by atoms with Gasteiger partial charge >= 0.3 is 0 Å². The number of anilines is 1. The van der Waals surface area contributed by atoms with Crippen LogP contribution >= 0.6 is 11.6 Å². The van der Waals surface area contributed by atoms with Crippen LogP contribution in [0.2, 0.25) is 5.02 Å². The van der Waals surface area contributed by atoms with Crippen molar-refractivity contribution in [3.63, 3.8) is 0 Å². The number of halogens is 2. The topological polar surface area (TPSA) is 82.2 Å². The summed E-state index contributed by atoms with van der Waals surface area (Å²) in [7, 11) is 0. The van der Waals surface area contributed by atoms with Crippen LogP contribution in [-0.2, 0) is 13.2 Å². The highest BCUT2D eigenvalue weighted by atomic mass is 35.5. The molecule has 0 aliphatic rings. The van der Waals surface area contributed by atoms with E-state index in [9.17, 15) is 9.18 Å². The minimum Gasteiger partial charge on any atom is -0.489 e. The fourth-order valence-corrected chi connectivity index (χ4v) is 3.29. The molecule has 164 valence electrons. The molecule has 0 bridgehead atoms. The highest BCUT2D eigenvalue weighted by molar-refractivity contribution is 6.31. The van der Waals surface area contributed by atoms with Crippen LogP contribution in [0.1, 0.15) is 32.9 Å². The second kappa shape index (κ2) is 9.23. The Morgan fingerprint density at radius 3 is 2.69 bits per heavy atom. The van der Waals surface area contributed by atoms with Gasteiger partial charge in [0.25, 0.3) is 5.91 Å². The number of aryl methyl sites for hydroxylation is 2. The zero-order valence-corrected chi connectivity index (χ0v) is 18.2. The number of nitrogens with one attached hydrogen (secondary N) is 1. The summed E-state index contributed by atoms with van der Waals surface area (Å²) in [6, 6.07) is 13.7. The first kappa shape index (κ1) is 21.6. The lowest BCUT2D eigenvalue weighted by Crippen LogP contribution is -2.16. The molecule has 1 N–H and O–H groups in total. The van der Waals surface area contributed by atoms with E-state index in [1.807, 2.05) is 31.2 Å². The fourth-order valence-electron chi connectivity index (χ4n) is 3.07. The number of ether oxygens (including phenoxy) is 1. The van der Waals surface area contributed by atoms with Gasteiger partial charge in [0.1, 0.15) is 23.9 Å². The SMILES string of the molecule is Cc1ccc(OCc2c(C(=O)Nc3ccn(Cc4c(F)cccc4Cl)n3)noc2C)cc1. The normalized spacial score (nSPS) is 10.9. The molecular formula is C23H20ClFN4O3. The Hall–Kier alpha value is -3.65. The third kappa shape index (κ3) is 4.81. The van der Waals surface area contributed by atoms with Gasteiger partial charge in [0, 0.05) is 22.8 Å². The number of rotatable bonds is 7. The van der Waals surface area contributed by atoms with Crippen LogP contribution in [0.15, 0.2) is 59.3 Å². The van der Waals surface area contributed by atoms with Gasteiger partial charge in [0.15, 0.2) is 11.5 Å². The van der Waals surface area contributed by atoms with Gasteiger partial charge in [0.05, 0.1) is 12.1 Å². The smallest absolute Gasteiger partial charge is 0.279 e. The molecule has 9 heteroatoms. The molecule has 0 aliphatic heterocycles. The number of amides is 1. The van der Waals surface area contributed by atoms with E-state index in [-0.39, 0.29) is 24.7 Å². The van der Waals surface area contributed by atoms with Gasteiger partial charge in [-0.2, -0.15) is 5.10 Å². The summed E-state index contributed by atoms with van der Waals surface area (Å²) < 4.78 is 26.5. The number of carbonyl (C=O) groups excluding carboxylic acids is 1. The molecule has 0 radical (unpaired) electrons. The number of carbonyl (C=O) groups is 1. The second-order valence-corrected chi connectivity index (χ2v) is 7.63. The van der Waals surface area contributed by atoms with Crippen LogP contribution in [0, 0.1) is 19.7 Å². The van der Waals surface area contributed by atoms with Crippen LogP contribution in [0.4, 0.5) is 10.2 Å². The quantitative estimate of drug-likeness (QED) is 0.417. The molecule has 0 fully saturated rings. The molecule has 0 saturated carbocycles. The van der Waals surface area contributed by atoms with E-state index in [2.05, 4.69) is 15.6 Å². The molecule has 0 atom stereocenters. The second-order valence-electron chi connectivity index (χ2n) is 7.22. The van der Waals surface area contributed by atoms with Crippen molar-refractivity contribution in [2.45, 2.75) is 27.0 Å². The maximum Gasteiger partial charge on any atom is 0.279 e. The van der Waals surface area contributed by atoms with Crippen molar-refractivity contribution in [1.82, 2.24) is 14.9 Å². The lowest BCUT2D eigenvalue weighted by Gasteiger charge is -2.07. The highest BCUT2D eigenvalue weighted by Gasteiger charge is 2.21. The number of hydrogen-bond donors (Lipinski definition) is 1. The Morgan fingerprint density at radius 1 is 1.16 bits per heavy atom. The summed E-state index contributed by atoms with van der Waals surface area (Å²) in [5, 5.41) is 11.1. The average Bonchev–Trinajstić information content (AvgIpc) is 3.36. The van der Waals surface area contributed by atoms with E-state index in [0.717, 1.165) is 5.56 Å². The van der Waals surface area contributed by atoms with Crippen molar-refractivity contribution < 1.29 is 18.4 Å². The summed E-state index contributed by atoms with van der Waals surface area (Å²) in [6.45, 7) is 3.95. The van der Waals surface area contributed by atoms with Crippen LogP contribution in [-0.4, -0.2) is 20.8 Å². The third-order valence-corrected chi connectivity index (χ3v) is 5.22. The van der Waals surface area contributed by atoms with Crippen LogP contribution in [0.3, 0.4) is 0 Å². The molecule has 2 aromatic carbocycles. The number of benzene rings is 2. The van der Waals surface area contributed by atoms with Crippen LogP contribution < -0.4 is 10.1 Å². The van der Waals surface area contributed by atoms with Crippen molar-refractivity contribution in [1.29, 1.82) is 0 Å². The fraction of sp³-hybridized carbons (Fsp3) is 0.174. The van der Waals surface area contributed by atoms with E-state index < -0.39 is 11.7 Å². The molecule has 4 rings (SSSR count). The summed E-state index contributed by atoms with van der Waals surface area (Å²) in [4.78, 5) is 12.8. The Bertz CT molecular complexity index is 1230. The van der Waals surface area contributed by atoms with Gasteiger partial charge in [-0.25, -0.2) is 4.39 Å². The third-order valence-electron chi connectivity index (χ3n) is 4.87. The number of hydrogen-bond acceptors (Lipinski definition) is 5. The Morgan fingerprint density at radius 2 is 1.94 bits per heavy atom. The van der Waals surface area contributed by atoms with Crippen molar-refractivity contribution in [2.24, 2.45) is 0 Å². The molecule has 7 nitrogen and oxygen atoms in total. The van der Waals surface area contributed by atoms with Gasteiger partial charge in [-0.1, -0.05) is 40.5 Å². The Balaban J connectivity index is 1.44. The molecule has 0 spiro atoms. The standard InChI is InChI=1S/C23H20ClFN4O3/c1-14-6-8-16(9-7-14)31-13-18-15(2)32-28-22(18)23(30)26-21-10-11-29(27-21)12-17-19(24)4-3-5-20(17)25/h3-11H,12-13H2,1-2H3,(H,26,27,30). The van der Waals surface area contributed by atoms with Gasteiger partial charge in [0.2, 0.25) is 0 Å². The van der Waals surface area contributed by atoms with E-state index in [1.54, 1.807) is 25.3 Å². The van der Waals surface area contributed by atoms with Gasteiger partial charge in [-0.05, 0) is 38.1 Å². The Labute approximate surface area is 188 Å². The van der Waals surface area contributed by atoms with E-state index >= 15 is 0 Å². The van der Waals surface area contributed by atoms with Gasteiger partial charge in [-0.15, -0.1) is 0 Å². The highest BCUT2D eigenvalue weighted by Crippen LogP contribution is 2.21. The van der Waals surface area contributed by atoms with Crippen molar-refractivity contribution >= 4 is 23.3 Å². The summed E-state index contributed by atoms with van der Waals surface area (Å²) in [6.07, 6.45) is 1.62. The Kier molecular flexibility index (Phi) is 6.23. The molecule has 2 heterocycles. The molecule has 0 saturated heterocycles. The molecular weight excluding hydrogens is 435 g/mol. The number of aromatic nitrogens is 3. The molecule has 32 heavy (non-hydrogen) atoms. The van der Waals surface area contributed by atoms with Crippen molar-refractivity contribution in [3.8, 4) is 5.75 Å². The van der Waals surface area contributed by atoms with Gasteiger partial charge in [-0.3, -0.25) is 9.48 Å². The van der Waals surface area contributed by atoms with E-state index in [0.29, 0.717) is 27.7 Å². The largest absolute Gasteiger partial charge is 0.489 e. The van der Waals surface area contributed by atoms with Crippen molar-refractivity contribution in [2.75, 3.05) is 5.32 Å². The number of nitrogens with zero attached hydrogens (tertiary/aromatic N) is 3. The average molecular weight is 455 g/mol. The summed E-state index contributed by atoms with van der Waals surface area (Å²) >= 11 is 6.07. The molecule has 2 aromatic heterocycles. The maximum atomic E-state index is 14.0. The predicted molar refractivity (Wildman–Crippen MR) is 117 cm³/mol. The van der Waals surface area contributed by atoms with Gasteiger partial charge < -0.3 is 14.6 Å². The lowest BCUT2D eigenvalue weighted by atomic mass is 10.2. The molecule has 0 unspecified atom stereocenters.